The van der Waals surface area contributed by atoms with Gasteiger partial charge in [-0.15, -0.1) is 0 Å². The number of nitrogens with two attached hydrogens (primary N) is 1. The summed E-state index contributed by atoms with van der Waals surface area (Å²) in [7, 11) is 0. The number of aliphatic imine (C=N–C) groups is 1. The Morgan fingerprint density at radius 1 is 1.27 bits per heavy atom. The van der Waals surface area contributed by atoms with Crippen molar-refractivity contribution in [1.82, 2.24) is 5.32 Å². The van der Waals surface area contributed by atoms with Gasteiger partial charge in [0.05, 0.1) is 30.2 Å². The SMILES string of the molecule is CCN(CC(N)=O)c1ccc(N=C2C=C(C)C(=O)C=C2NCCO)cc1. The summed E-state index contributed by atoms with van der Waals surface area (Å²) in [5.74, 6) is -0.460. The molecule has 0 saturated carbocycles. The highest BCUT2D eigenvalue weighted by Gasteiger charge is 2.16. The number of anilines is 1. The van der Waals surface area contributed by atoms with E-state index in [1.807, 2.05) is 36.1 Å². The van der Waals surface area contributed by atoms with E-state index < -0.39 is 0 Å². The Morgan fingerprint density at radius 3 is 2.54 bits per heavy atom. The monoisotopic (exact) mass is 356 g/mol. The third-order valence-corrected chi connectivity index (χ3v) is 3.91. The number of amides is 1. The van der Waals surface area contributed by atoms with Crippen LogP contribution < -0.4 is 16.0 Å². The number of aliphatic hydroxyl groups is 1. The number of allylic oxidation sites excluding steroid dienone is 3. The zero-order valence-electron chi connectivity index (χ0n) is 15.0. The van der Waals surface area contributed by atoms with E-state index in [1.165, 1.54) is 6.08 Å². The molecule has 0 aromatic heterocycles. The summed E-state index contributed by atoms with van der Waals surface area (Å²) in [4.78, 5) is 29.5. The number of aliphatic hydroxyl groups excluding tert-OH is 1. The number of hydrogen-bond donors (Lipinski definition) is 3. The molecule has 0 spiro atoms. The van der Waals surface area contributed by atoms with E-state index in [9.17, 15) is 9.59 Å². The Labute approximate surface area is 152 Å². The number of nitrogens with zero attached hydrogens (tertiary/aromatic N) is 2. The average molecular weight is 356 g/mol. The minimum Gasteiger partial charge on any atom is -0.395 e. The molecule has 1 aliphatic rings. The fourth-order valence-corrected chi connectivity index (χ4v) is 2.55. The molecule has 0 saturated heterocycles. The van der Waals surface area contributed by atoms with Crippen molar-refractivity contribution in [2.75, 3.05) is 31.1 Å². The Balaban J connectivity index is 2.25. The molecule has 0 fully saturated rings. The Bertz CT molecular complexity index is 763. The van der Waals surface area contributed by atoms with E-state index in [0.29, 0.717) is 35.8 Å². The first-order chi connectivity index (χ1) is 12.4. The Kier molecular flexibility index (Phi) is 6.68. The quantitative estimate of drug-likeness (QED) is 0.604. The lowest BCUT2D eigenvalue weighted by Gasteiger charge is -2.21. The zero-order chi connectivity index (χ0) is 19.1. The maximum absolute atomic E-state index is 11.9. The third-order valence-electron chi connectivity index (χ3n) is 3.91. The van der Waals surface area contributed by atoms with Crippen molar-refractivity contribution in [3.63, 3.8) is 0 Å². The molecule has 4 N–H and O–H groups in total. The van der Waals surface area contributed by atoms with Crippen LogP contribution in [-0.4, -0.2) is 48.7 Å². The number of ketones is 1. The van der Waals surface area contributed by atoms with Gasteiger partial charge in [0.1, 0.15) is 0 Å². The second-order valence-corrected chi connectivity index (χ2v) is 5.89. The van der Waals surface area contributed by atoms with Crippen LogP contribution in [0.3, 0.4) is 0 Å². The zero-order valence-corrected chi connectivity index (χ0v) is 15.0. The Hall–Kier alpha value is -2.93. The van der Waals surface area contributed by atoms with E-state index in [2.05, 4.69) is 10.3 Å². The predicted molar refractivity (Wildman–Crippen MR) is 103 cm³/mol. The van der Waals surface area contributed by atoms with Gasteiger partial charge in [-0.25, -0.2) is 4.99 Å². The first kappa shape index (κ1) is 19.4. The number of carbonyl (C=O) groups is 2. The fourth-order valence-electron chi connectivity index (χ4n) is 2.55. The minimum atomic E-state index is -0.381. The van der Waals surface area contributed by atoms with Gasteiger partial charge in [0, 0.05) is 24.9 Å². The highest BCUT2D eigenvalue weighted by atomic mass is 16.3. The number of primary amides is 1. The van der Waals surface area contributed by atoms with E-state index in [0.717, 1.165) is 5.69 Å². The van der Waals surface area contributed by atoms with Crippen LogP contribution in [0.4, 0.5) is 11.4 Å². The standard InChI is InChI=1S/C19H24N4O3/c1-3-23(12-19(20)26)15-6-4-14(5-7-15)22-17-10-13(2)18(25)11-16(17)21-8-9-24/h4-7,10-11,21,24H,3,8-9,12H2,1-2H3,(H2,20,26). The van der Waals surface area contributed by atoms with Crippen molar-refractivity contribution >= 4 is 28.8 Å². The number of likely N-dealkylation sites (N-methyl/N-ethyl adjacent to an activating group) is 1. The molecule has 1 amide bonds. The van der Waals surface area contributed by atoms with Crippen LogP contribution in [0.25, 0.3) is 0 Å². The van der Waals surface area contributed by atoms with Crippen molar-refractivity contribution in [2.24, 2.45) is 10.7 Å². The van der Waals surface area contributed by atoms with Crippen molar-refractivity contribution in [3.8, 4) is 0 Å². The number of rotatable bonds is 8. The summed E-state index contributed by atoms with van der Waals surface area (Å²) in [5, 5.41) is 12.0. The van der Waals surface area contributed by atoms with Gasteiger partial charge in [-0.05, 0) is 49.8 Å². The molecule has 0 atom stereocenters. The molecule has 1 aromatic rings. The van der Waals surface area contributed by atoms with Gasteiger partial charge in [0.25, 0.3) is 0 Å². The summed E-state index contributed by atoms with van der Waals surface area (Å²) < 4.78 is 0. The summed E-state index contributed by atoms with van der Waals surface area (Å²) in [6.45, 7) is 4.81. The number of hydrogen-bond acceptors (Lipinski definition) is 6. The lowest BCUT2D eigenvalue weighted by atomic mass is 10.0. The number of nitrogens with one attached hydrogen (secondary N) is 1. The maximum Gasteiger partial charge on any atom is 0.236 e. The molecule has 138 valence electrons. The normalized spacial score (nSPS) is 15.5. The van der Waals surface area contributed by atoms with Gasteiger partial charge >= 0.3 is 0 Å². The predicted octanol–water partition coefficient (Wildman–Crippen LogP) is 1.07. The lowest BCUT2D eigenvalue weighted by Crippen LogP contribution is -2.33. The molecule has 26 heavy (non-hydrogen) atoms. The molecule has 7 nitrogen and oxygen atoms in total. The van der Waals surface area contributed by atoms with Crippen LogP contribution in [0.15, 0.2) is 52.7 Å². The number of carbonyl (C=O) groups excluding carboxylic acids is 2. The van der Waals surface area contributed by atoms with Crippen LogP contribution in [0.2, 0.25) is 0 Å². The molecule has 0 radical (unpaired) electrons. The second-order valence-electron chi connectivity index (χ2n) is 5.89. The van der Waals surface area contributed by atoms with Crippen molar-refractivity contribution in [3.05, 3.63) is 47.7 Å². The van der Waals surface area contributed by atoms with Crippen molar-refractivity contribution in [2.45, 2.75) is 13.8 Å². The summed E-state index contributed by atoms with van der Waals surface area (Å²) in [6.07, 6.45) is 3.21. The number of benzene rings is 1. The van der Waals surface area contributed by atoms with Gasteiger partial charge in [0.15, 0.2) is 5.78 Å². The van der Waals surface area contributed by atoms with Crippen molar-refractivity contribution in [1.29, 1.82) is 0 Å². The topological polar surface area (TPSA) is 108 Å². The van der Waals surface area contributed by atoms with Crippen LogP contribution in [0.5, 0.6) is 0 Å². The molecule has 0 bridgehead atoms. The van der Waals surface area contributed by atoms with Crippen LogP contribution in [0.1, 0.15) is 13.8 Å². The first-order valence-electron chi connectivity index (χ1n) is 8.46. The van der Waals surface area contributed by atoms with E-state index in [-0.39, 0.29) is 24.8 Å². The Morgan fingerprint density at radius 2 is 1.96 bits per heavy atom. The highest BCUT2D eigenvalue weighted by Crippen LogP contribution is 2.22. The third kappa shape index (κ3) is 5.03. The average Bonchev–Trinajstić information content (AvgIpc) is 2.62. The smallest absolute Gasteiger partial charge is 0.236 e. The van der Waals surface area contributed by atoms with Crippen LogP contribution in [-0.2, 0) is 9.59 Å². The summed E-state index contributed by atoms with van der Waals surface area (Å²) in [5.41, 5.74) is 8.70. The molecule has 1 aliphatic carbocycles. The highest BCUT2D eigenvalue weighted by molar-refractivity contribution is 6.22. The molecule has 0 unspecified atom stereocenters. The fraction of sp³-hybridized carbons (Fsp3) is 0.316. The molecule has 1 aromatic carbocycles. The summed E-state index contributed by atoms with van der Waals surface area (Å²) >= 11 is 0. The largest absolute Gasteiger partial charge is 0.395 e. The first-order valence-corrected chi connectivity index (χ1v) is 8.46. The maximum atomic E-state index is 11.9. The summed E-state index contributed by atoms with van der Waals surface area (Å²) in [6, 6.07) is 7.44. The van der Waals surface area contributed by atoms with Gasteiger partial charge in [-0.2, -0.15) is 0 Å². The van der Waals surface area contributed by atoms with Gasteiger partial charge < -0.3 is 21.1 Å². The molecular formula is C19H24N4O3. The van der Waals surface area contributed by atoms with E-state index in [4.69, 9.17) is 10.8 Å². The van der Waals surface area contributed by atoms with Crippen molar-refractivity contribution < 1.29 is 14.7 Å². The van der Waals surface area contributed by atoms with Gasteiger partial charge in [-0.3, -0.25) is 9.59 Å². The second kappa shape index (κ2) is 8.96. The molecule has 0 heterocycles. The van der Waals surface area contributed by atoms with E-state index >= 15 is 0 Å². The molecule has 0 aliphatic heterocycles. The van der Waals surface area contributed by atoms with Crippen LogP contribution >= 0.6 is 0 Å². The van der Waals surface area contributed by atoms with Gasteiger partial charge in [-0.1, -0.05) is 0 Å². The van der Waals surface area contributed by atoms with E-state index in [1.54, 1.807) is 13.0 Å². The molecular weight excluding hydrogens is 332 g/mol. The molecule has 2 rings (SSSR count). The lowest BCUT2D eigenvalue weighted by molar-refractivity contribution is -0.116. The van der Waals surface area contributed by atoms with Gasteiger partial charge in [0.2, 0.25) is 5.91 Å². The minimum absolute atomic E-state index is 0.0388. The molecule has 7 heteroatoms. The van der Waals surface area contributed by atoms with Crippen LogP contribution in [0, 0.1) is 0 Å².